The highest BCUT2D eigenvalue weighted by molar-refractivity contribution is 6.18. The molecular formula is C21H15NO5. The molecule has 3 rings (SSSR count). The fourth-order valence-electron chi connectivity index (χ4n) is 2.94. The van der Waals surface area contributed by atoms with Gasteiger partial charge in [-0.25, -0.2) is 0 Å². The van der Waals surface area contributed by atoms with Crippen LogP contribution in [0.25, 0.3) is 0 Å². The summed E-state index contributed by atoms with van der Waals surface area (Å²) in [7, 11) is 0. The summed E-state index contributed by atoms with van der Waals surface area (Å²) in [5, 5.41) is 23.4. The number of hydrogen-bond donors (Lipinski definition) is 2. The molecule has 3 aromatic rings. The zero-order chi connectivity index (χ0) is 19.6. The molecule has 0 bridgehead atoms. The molecule has 0 atom stereocenters. The van der Waals surface area contributed by atoms with Crippen LogP contribution in [-0.4, -0.2) is 21.8 Å². The number of ketones is 2. The van der Waals surface area contributed by atoms with Crippen molar-refractivity contribution in [3.05, 3.63) is 93.4 Å². The summed E-state index contributed by atoms with van der Waals surface area (Å²) in [5.74, 6) is -2.67. The molecule has 0 heterocycles. The predicted octanol–water partition coefficient (Wildman–Crippen LogP) is 4.27. The lowest BCUT2D eigenvalue weighted by molar-refractivity contribution is 0.103. The number of hydrogen-bond acceptors (Lipinski definition) is 6. The Hall–Kier alpha value is -3.80. The number of benzene rings is 3. The Labute approximate surface area is 154 Å². The van der Waals surface area contributed by atoms with Gasteiger partial charge in [0.05, 0.1) is 11.1 Å². The van der Waals surface area contributed by atoms with Gasteiger partial charge in [-0.1, -0.05) is 60.7 Å². The Bertz CT molecular complexity index is 965. The Morgan fingerprint density at radius 3 is 1.44 bits per heavy atom. The van der Waals surface area contributed by atoms with E-state index in [-0.39, 0.29) is 27.8 Å². The quantitative estimate of drug-likeness (QED) is 0.522. The number of carbonyl (C=O) groups is 2. The monoisotopic (exact) mass is 361 g/mol. The molecule has 2 N–H and O–H groups in total. The Morgan fingerprint density at radius 2 is 1.11 bits per heavy atom. The van der Waals surface area contributed by atoms with Gasteiger partial charge in [0.15, 0.2) is 28.8 Å². The number of nitroso groups, excluding NO2 is 1. The van der Waals surface area contributed by atoms with Gasteiger partial charge in [0.2, 0.25) is 0 Å². The molecule has 6 heteroatoms. The van der Waals surface area contributed by atoms with E-state index >= 15 is 0 Å². The summed E-state index contributed by atoms with van der Waals surface area (Å²) in [6.07, 6.45) is 0. The predicted molar refractivity (Wildman–Crippen MR) is 99.7 cm³/mol. The minimum absolute atomic E-state index is 0.0695. The Kier molecular flexibility index (Phi) is 4.81. The van der Waals surface area contributed by atoms with Crippen molar-refractivity contribution in [3.63, 3.8) is 0 Å². The second-order valence-corrected chi connectivity index (χ2v) is 5.90. The van der Waals surface area contributed by atoms with Crippen LogP contribution in [0.5, 0.6) is 11.5 Å². The van der Waals surface area contributed by atoms with Crippen molar-refractivity contribution >= 4 is 17.3 Å². The van der Waals surface area contributed by atoms with Crippen LogP contribution in [0, 0.1) is 11.8 Å². The molecule has 0 saturated carbocycles. The molecule has 0 saturated heterocycles. The molecule has 0 fully saturated rings. The largest absolute Gasteiger partial charge is 0.505 e. The van der Waals surface area contributed by atoms with Crippen LogP contribution in [0.2, 0.25) is 0 Å². The lowest BCUT2D eigenvalue weighted by Crippen LogP contribution is -2.11. The lowest BCUT2D eigenvalue weighted by Gasteiger charge is -2.15. The minimum atomic E-state index is -0.751. The van der Waals surface area contributed by atoms with Crippen LogP contribution in [0.1, 0.15) is 37.4 Å². The zero-order valence-corrected chi connectivity index (χ0v) is 14.3. The summed E-state index contributed by atoms with van der Waals surface area (Å²) in [6.45, 7) is 1.43. The number of nitrogens with zero attached hydrogens (tertiary/aromatic N) is 1. The van der Waals surface area contributed by atoms with E-state index in [2.05, 4.69) is 5.18 Å². The fourth-order valence-corrected chi connectivity index (χ4v) is 2.94. The molecule has 134 valence electrons. The normalized spacial score (nSPS) is 10.4. The van der Waals surface area contributed by atoms with E-state index in [9.17, 15) is 24.7 Å². The van der Waals surface area contributed by atoms with Crippen LogP contribution >= 0.6 is 0 Å². The summed E-state index contributed by atoms with van der Waals surface area (Å²) in [4.78, 5) is 37.0. The highest BCUT2D eigenvalue weighted by Gasteiger charge is 2.30. The van der Waals surface area contributed by atoms with Crippen molar-refractivity contribution in [2.24, 2.45) is 5.18 Å². The third kappa shape index (κ3) is 3.08. The van der Waals surface area contributed by atoms with Crippen molar-refractivity contribution in [2.45, 2.75) is 6.92 Å². The van der Waals surface area contributed by atoms with Crippen LogP contribution in [0.15, 0.2) is 65.8 Å². The molecule has 0 aliphatic heterocycles. The fraction of sp³-hybridized carbons (Fsp3) is 0.0476. The molecule has 0 amide bonds. The van der Waals surface area contributed by atoms with Crippen molar-refractivity contribution in [1.82, 2.24) is 0 Å². The van der Waals surface area contributed by atoms with Gasteiger partial charge in [-0.05, 0) is 17.7 Å². The molecule has 6 nitrogen and oxygen atoms in total. The maximum absolute atomic E-state index is 12.9. The molecular weight excluding hydrogens is 346 g/mol. The number of carbonyl (C=O) groups excluding carboxylic acids is 2. The molecule has 0 radical (unpaired) electrons. The van der Waals surface area contributed by atoms with E-state index in [0.717, 1.165) is 0 Å². The van der Waals surface area contributed by atoms with E-state index in [1.807, 2.05) is 0 Å². The van der Waals surface area contributed by atoms with Gasteiger partial charge in [-0.2, -0.15) is 0 Å². The highest BCUT2D eigenvalue weighted by Crippen LogP contribution is 2.45. The molecule has 0 aliphatic rings. The smallest absolute Gasteiger partial charge is 0.197 e. The minimum Gasteiger partial charge on any atom is -0.505 e. The first-order valence-corrected chi connectivity index (χ1v) is 8.08. The lowest BCUT2D eigenvalue weighted by atomic mass is 9.89. The van der Waals surface area contributed by atoms with Crippen molar-refractivity contribution in [3.8, 4) is 11.5 Å². The molecule has 0 spiro atoms. The van der Waals surface area contributed by atoms with Crippen molar-refractivity contribution in [2.75, 3.05) is 0 Å². The van der Waals surface area contributed by atoms with Crippen LogP contribution in [0.3, 0.4) is 0 Å². The second-order valence-electron chi connectivity index (χ2n) is 5.90. The summed E-state index contributed by atoms with van der Waals surface area (Å²) < 4.78 is 0. The van der Waals surface area contributed by atoms with Gasteiger partial charge >= 0.3 is 0 Å². The van der Waals surface area contributed by atoms with E-state index in [1.54, 1.807) is 60.7 Å². The van der Waals surface area contributed by atoms with Crippen LogP contribution < -0.4 is 0 Å². The van der Waals surface area contributed by atoms with E-state index in [4.69, 9.17) is 0 Å². The van der Waals surface area contributed by atoms with Crippen molar-refractivity contribution in [1.29, 1.82) is 0 Å². The third-order valence-electron chi connectivity index (χ3n) is 4.29. The van der Waals surface area contributed by atoms with Gasteiger partial charge in [-0.3, -0.25) is 9.59 Å². The van der Waals surface area contributed by atoms with Gasteiger partial charge in [0.25, 0.3) is 0 Å². The number of phenolic OH excluding ortho intramolecular Hbond substituents is 2. The first-order valence-electron chi connectivity index (χ1n) is 8.08. The average Bonchev–Trinajstić information content (AvgIpc) is 2.69. The summed E-state index contributed by atoms with van der Waals surface area (Å²) >= 11 is 0. The number of aromatic hydroxyl groups is 2. The highest BCUT2D eigenvalue weighted by atomic mass is 16.3. The Balaban J connectivity index is 2.28. The third-order valence-corrected chi connectivity index (χ3v) is 4.29. The summed E-state index contributed by atoms with van der Waals surface area (Å²) in [5.41, 5.74) is -0.631. The molecule has 0 aromatic heterocycles. The molecule has 3 aromatic carbocycles. The van der Waals surface area contributed by atoms with Gasteiger partial charge < -0.3 is 10.2 Å². The van der Waals surface area contributed by atoms with E-state index in [1.165, 1.54) is 6.92 Å². The Morgan fingerprint density at radius 1 is 0.741 bits per heavy atom. The molecule has 0 aliphatic carbocycles. The van der Waals surface area contributed by atoms with Crippen LogP contribution in [-0.2, 0) is 0 Å². The maximum atomic E-state index is 12.9. The first kappa shape index (κ1) is 18.0. The standard InChI is InChI=1S/C21H15NO5/c1-12-15(18(23)13-8-4-2-5-9-13)20(25)17(22-27)21(26)16(12)19(24)14-10-6-3-7-11-14/h2-11,25-26H,1H3. The summed E-state index contributed by atoms with van der Waals surface area (Å²) in [6, 6.07) is 16.2. The zero-order valence-electron chi connectivity index (χ0n) is 14.3. The van der Waals surface area contributed by atoms with E-state index in [0.29, 0.717) is 0 Å². The number of rotatable bonds is 5. The maximum Gasteiger partial charge on any atom is 0.197 e. The first-order chi connectivity index (χ1) is 13.0. The van der Waals surface area contributed by atoms with Crippen molar-refractivity contribution < 1.29 is 19.8 Å². The SMILES string of the molecule is Cc1c(C(=O)c2ccccc2)c(O)c(N=O)c(O)c1C(=O)c1ccccc1. The average molecular weight is 361 g/mol. The van der Waals surface area contributed by atoms with E-state index < -0.39 is 28.8 Å². The topological polar surface area (TPSA) is 104 Å². The number of phenols is 2. The molecule has 0 unspecified atom stereocenters. The molecule has 27 heavy (non-hydrogen) atoms. The second kappa shape index (κ2) is 7.21. The van der Waals surface area contributed by atoms with Gasteiger partial charge in [-0.15, -0.1) is 4.91 Å². The van der Waals surface area contributed by atoms with Gasteiger partial charge in [0, 0.05) is 11.1 Å². The van der Waals surface area contributed by atoms with Gasteiger partial charge in [0.1, 0.15) is 0 Å². The van der Waals surface area contributed by atoms with Crippen LogP contribution in [0.4, 0.5) is 5.69 Å².